The van der Waals surface area contributed by atoms with Crippen LogP contribution in [-0.4, -0.2) is 13.5 Å². The highest BCUT2D eigenvalue weighted by atomic mass is 19.1. The van der Waals surface area contributed by atoms with Gasteiger partial charge in [0.15, 0.2) is 0 Å². The van der Waals surface area contributed by atoms with Crippen molar-refractivity contribution in [1.29, 1.82) is 0 Å². The van der Waals surface area contributed by atoms with Gasteiger partial charge in [0, 0.05) is 7.05 Å². The summed E-state index contributed by atoms with van der Waals surface area (Å²) in [7, 11) is 1.66. The van der Waals surface area contributed by atoms with Gasteiger partial charge in [-0.25, -0.2) is 4.39 Å². The molecule has 0 saturated heterocycles. The van der Waals surface area contributed by atoms with Gasteiger partial charge in [0.05, 0.1) is 11.4 Å². The number of carbonyl (C=O) groups is 1. The Labute approximate surface area is 69.6 Å². The number of hydrogen-bond donors (Lipinski definition) is 2. The third kappa shape index (κ3) is 1.72. The van der Waals surface area contributed by atoms with E-state index in [2.05, 4.69) is 10.6 Å². The Balaban J connectivity index is 3.01. The van der Waals surface area contributed by atoms with Crippen molar-refractivity contribution in [3.63, 3.8) is 0 Å². The van der Waals surface area contributed by atoms with Gasteiger partial charge in [-0.05, 0) is 18.2 Å². The molecule has 0 fully saturated rings. The summed E-state index contributed by atoms with van der Waals surface area (Å²) in [6, 6.07) is 4.09. The van der Waals surface area contributed by atoms with Crippen LogP contribution in [0.15, 0.2) is 18.2 Å². The van der Waals surface area contributed by atoms with E-state index < -0.39 is 0 Å². The summed E-state index contributed by atoms with van der Waals surface area (Å²) in [5, 5.41) is 5.20. The highest BCUT2D eigenvalue weighted by molar-refractivity contribution is 5.80. The Morgan fingerprint density at radius 3 is 2.75 bits per heavy atom. The molecular formula is C8H9FN2O. The molecule has 0 spiro atoms. The van der Waals surface area contributed by atoms with Crippen molar-refractivity contribution in [2.45, 2.75) is 0 Å². The molecule has 64 valence electrons. The zero-order valence-corrected chi connectivity index (χ0v) is 6.60. The minimum Gasteiger partial charge on any atom is -0.386 e. The number of anilines is 2. The second-order valence-corrected chi connectivity index (χ2v) is 2.20. The molecule has 4 heteroatoms. The Hall–Kier alpha value is -1.58. The molecule has 0 aliphatic heterocycles. The van der Waals surface area contributed by atoms with Crippen LogP contribution < -0.4 is 10.6 Å². The molecule has 12 heavy (non-hydrogen) atoms. The van der Waals surface area contributed by atoms with Crippen LogP contribution in [0, 0.1) is 5.82 Å². The second kappa shape index (κ2) is 3.71. The molecule has 1 aromatic carbocycles. The molecule has 0 atom stereocenters. The maximum Gasteiger partial charge on any atom is 0.211 e. The third-order valence-corrected chi connectivity index (χ3v) is 1.47. The highest BCUT2D eigenvalue weighted by Gasteiger charge is 2.00. The minimum atomic E-state index is -0.337. The first-order valence-electron chi connectivity index (χ1n) is 3.45. The van der Waals surface area contributed by atoms with E-state index in [9.17, 15) is 9.18 Å². The topological polar surface area (TPSA) is 41.1 Å². The number of halogens is 1. The summed E-state index contributed by atoms with van der Waals surface area (Å²) < 4.78 is 12.6. The molecule has 0 radical (unpaired) electrons. The SMILES string of the molecule is CNc1cc(F)ccc1NC=O. The van der Waals surface area contributed by atoms with Gasteiger partial charge in [0.25, 0.3) is 0 Å². The summed E-state index contributed by atoms with van der Waals surface area (Å²) >= 11 is 0. The summed E-state index contributed by atoms with van der Waals surface area (Å²) in [6.45, 7) is 0. The number of benzene rings is 1. The number of carbonyl (C=O) groups excluding carboxylic acids is 1. The van der Waals surface area contributed by atoms with E-state index in [-0.39, 0.29) is 5.82 Å². The fraction of sp³-hybridized carbons (Fsp3) is 0.125. The van der Waals surface area contributed by atoms with Crippen LogP contribution in [0.3, 0.4) is 0 Å². The average molecular weight is 168 g/mol. The fourth-order valence-corrected chi connectivity index (χ4v) is 0.913. The van der Waals surface area contributed by atoms with Crippen LogP contribution in [0.2, 0.25) is 0 Å². The van der Waals surface area contributed by atoms with Crippen molar-refractivity contribution in [2.24, 2.45) is 0 Å². The van der Waals surface area contributed by atoms with Gasteiger partial charge in [-0.2, -0.15) is 0 Å². The Kier molecular flexibility index (Phi) is 2.63. The van der Waals surface area contributed by atoms with Crippen molar-refractivity contribution >= 4 is 17.8 Å². The molecule has 1 rings (SSSR count). The van der Waals surface area contributed by atoms with Crippen molar-refractivity contribution in [3.8, 4) is 0 Å². The summed E-state index contributed by atoms with van der Waals surface area (Å²) in [5.74, 6) is -0.337. The first-order valence-corrected chi connectivity index (χ1v) is 3.45. The average Bonchev–Trinajstić information content (AvgIpc) is 2.08. The van der Waals surface area contributed by atoms with Crippen LogP contribution in [0.25, 0.3) is 0 Å². The Morgan fingerprint density at radius 1 is 1.42 bits per heavy atom. The second-order valence-electron chi connectivity index (χ2n) is 2.20. The quantitative estimate of drug-likeness (QED) is 0.670. The van der Waals surface area contributed by atoms with Crippen LogP contribution in [0.1, 0.15) is 0 Å². The molecule has 3 nitrogen and oxygen atoms in total. The van der Waals surface area contributed by atoms with E-state index in [1.54, 1.807) is 7.05 Å². The molecule has 0 bridgehead atoms. The molecule has 0 aromatic heterocycles. The van der Waals surface area contributed by atoms with Gasteiger partial charge >= 0.3 is 0 Å². The normalized spacial score (nSPS) is 9.17. The van der Waals surface area contributed by atoms with E-state index >= 15 is 0 Å². The molecule has 0 saturated carbocycles. The summed E-state index contributed by atoms with van der Waals surface area (Å²) in [5.41, 5.74) is 1.12. The van der Waals surface area contributed by atoms with E-state index in [1.165, 1.54) is 18.2 Å². The summed E-state index contributed by atoms with van der Waals surface area (Å²) in [4.78, 5) is 10.1. The lowest BCUT2D eigenvalue weighted by atomic mass is 10.2. The van der Waals surface area contributed by atoms with Crippen molar-refractivity contribution in [3.05, 3.63) is 24.0 Å². The number of amides is 1. The molecule has 0 aliphatic carbocycles. The lowest BCUT2D eigenvalue weighted by Gasteiger charge is -2.06. The third-order valence-electron chi connectivity index (χ3n) is 1.47. The highest BCUT2D eigenvalue weighted by Crippen LogP contribution is 2.20. The van der Waals surface area contributed by atoms with Crippen molar-refractivity contribution < 1.29 is 9.18 Å². The van der Waals surface area contributed by atoms with Crippen molar-refractivity contribution in [1.82, 2.24) is 0 Å². The smallest absolute Gasteiger partial charge is 0.211 e. The lowest BCUT2D eigenvalue weighted by Crippen LogP contribution is -1.99. The van der Waals surface area contributed by atoms with Crippen molar-refractivity contribution in [2.75, 3.05) is 17.7 Å². The molecule has 2 N–H and O–H groups in total. The Morgan fingerprint density at radius 2 is 2.17 bits per heavy atom. The first kappa shape index (κ1) is 8.52. The van der Waals surface area contributed by atoms with E-state index in [1.807, 2.05) is 0 Å². The van der Waals surface area contributed by atoms with Gasteiger partial charge < -0.3 is 10.6 Å². The molecular weight excluding hydrogens is 159 g/mol. The van der Waals surface area contributed by atoms with E-state index in [0.717, 1.165) is 0 Å². The molecule has 0 heterocycles. The standard InChI is InChI=1S/C8H9FN2O/c1-10-8-4-6(9)2-3-7(8)11-5-12/h2-5,10H,1H3,(H,11,12). The lowest BCUT2D eigenvalue weighted by molar-refractivity contribution is -0.105. The van der Waals surface area contributed by atoms with Crippen LogP contribution in [0.5, 0.6) is 0 Å². The van der Waals surface area contributed by atoms with Gasteiger partial charge in [0.1, 0.15) is 5.82 Å². The molecule has 0 aliphatic rings. The van der Waals surface area contributed by atoms with Gasteiger partial charge in [0.2, 0.25) is 6.41 Å². The predicted octanol–water partition coefficient (Wildman–Crippen LogP) is 1.44. The number of nitrogens with one attached hydrogen (secondary N) is 2. The predicted molar refractivity (Wildman–Crippen MR) is 45.6 cm³/mol. The van der Waals surface area contributed by atoms with Crippen LogP contribution in [0.4, 0.5) is 15.8 Å². The van der Waals surface area contributed by atoms with Gasteiger partial charge in [-0.3, -0.25) is 4.79 Å². The fourth-order valence-electron chi connectivity index (χ4n) is 0.913. The van der Waals surface area contributed by atoms with Gasteiger partial charge in [-0.1, -0.05) is 0 Å². The molecule has 1 amide bonds. The maximum absolute atomic E-state index is 12.6. The van der Waals surface area contributed by atoms with E-state index in [0.29, 0.717) is 17.8 Å². The van der Waals surface area contributed by atoms with Crippen LogP contribution in [-0.2, 0) is 4.79 Å². The summed E-state index contributed by atoms with van der Waals surface area (Å²) in [6.07, 6.45) is 0.550. The number of hydrogen-bond acceptors (Lipinski definition) is 2. The van der Waals surface area contributed by atoms with Gasteiger partial charge in [-0.15, -0.1) is 0 Å². The maximum atomic E-state index is 12.6. The monoisotopic (exact) mass is 168 g/mol. The van der Waals surface area contributed by atoms with E-state index in [4.69, 9.17) is 0 Å². The largest absolute Gasteiger partial charge is 0.386 e. The first-order chi connectivity index (χ1) is 5.77. The molecule has 1 aromatic rings. The minimum absolute atomic E-state index is 0.337. The Bertz CT molecular complexity index is 288. The zero-order valence-electron chi connectivity index (χ0n) is 6.60. The zero-order chi connectivity index (χ0) is 8.97. The van der Waals surface area contributed by atoms with Crippen LogP contribution >= 0.6 is 0 Å². The molecule has 0 unspecified atom stereocenters. The number of rotatable bonds is 3.